The first-order chi connectivity index (χ1) is 16.5. The van der Waals surface area contributed by atoms with Crippen LogP contribution in [0.1, 0.15) is 68.1 Å². The van der Waals surface area contributed by atoms with Crippen LogP contribution in [0.5, 0.6) is 5.75 Å². The molecule has 30 heavy (non-hydrogen) atoms. The van der Waals surface area contributed by atoms with E-state index in [4.69, 9.17) is 11.6 Å². The molecule has 5 nitrogen and oxygen atoms in total. The fraction of sp³-hybridized carbons (Fsp3) is 0.520. The number of hydrogen-bond donors (Lipinski definition) is 4. The third kappa shape index (κ3) is 9.72. The van der Waals surface area contributed by atoms with Crippen LogP contribution in [0.2, 0.25) is 0 Å². The highest BCUT2D eigenvalue weighted by Gasteiger charge is 2.09. The van der Waals surface area contributed by atoms with Gasteiger partial charge in [-0.15, -0.1) is 0 Å². The molecule has 0 aliphatic rings. The van der Waals surface area contributed by atoms with Crippen LogP contribution in [0.15, 0.2) is 48.5 Å². The van der Waals surface area contributed by atoms with Crippen molar-refractivity contribution >= 4 is 0 Å². The predicted octanol–water partition coefficient (Wildman–Crippen LogP) is 4.11. The number of aromatic hydroxyl groups is 1. The van der Waals surface area contributed by atoms with E-state index in [1.807, 2.05) is 18.2 Å². The lowest BCUT2D eigenvalue weighted by Crippen LogP contribution is -2.22. The molecule has 2 rings (SSSR count). The Labute approximate surface area is 187 Å². The summed E-state index contributed by atoms with van der Waals surface area (Å²) in [4.78, 5) is 0. The number of benzene rings is 2. The van der Waals surface area contributed by atoms with E-state index in [0.717, 1.165) is 43.9 Å². The number of rotatable bonds is 16. The summed E-state index contributed by atoms with van der Waals surface area (Å²) in [6.45, 7) is -4.28. The van der Waals surface area contributed by atoms with Crippen molar-refractivity contribution < 1.29 is 26.9 Å². The zero-order valence-corrected chi connectivity index (χ0v) is 17.4. The summed E-state index contributed by atoms with van der Waals surface area (Å²) in [7, 11) is 0. The second-order valence-corrected chi connectivity index (χ2v) is 7.14. The molecule has 0 fully saturated rings. The Kier molecular flexibility index (Phi) is 8.85. The summed E-state index contributed by atoms with van der Waals surface area (Å²) in [6.07, 6.45) is 2.17. The normalized spacial score (nSPS) is 16.7. The molecule has 0 aromatic heterocycles. The van der Waals surface area contributed by atoms with E-state index in [1.165, 1.54) is 5.56 Å². The number of aliphatic hydroxyl groups is 2. The molecule has 1 atom stereocenters. The van der Waals surface area contributed by atoms with E-state index in [2.05, 4.69) is 17.4 Å². The van der Waals surface area contributed by atoms with Crippen LogP contribution in [0.3, 0.4) is 0 Å². The van der Waals surface area contributed by atoms with Crippen molar-refractivity contribution in [3.05, 3.63) is 65.2 Å². The zero-order chi connectivity index (χ0) is 26.0. The maximum absolute atomic E-state index is 10.6. The number of hydrogen-bond acceptors (Lipinski definition) is 5. The van der Waals surface area contributed by atoms with Gasteiger partial charge in [-0.1, -0.05) is 49.2 Å². The molecule has 0 aliphatic heterocycles. The maximum atomic E-state index is 10.6. The number of aliphatic hydroxyl groups excluding tert-OH is 1. The molecule has 1 unspecified atom stereocenters. The Bertz CT molecular complexity index is 897. The summed E-state index contributed by atoms with van der Waals surface area (Å²) in [5.74, 6) is -0.243. The van der Waals surface area contributed by atoms with E-state index in [-0.39, 0.29) is 23.3 Å². The number of unbranched alkanes of at least 4 members (excludes halogenated alkanes) is 3. The molecule has 0 heterocycles. The molecule has 0 spiro atoms. The Balaban J connectivity index is 1.68. The lowest BCUT2D eigenvalue weighted by atomic mass is 10.1. The highest BCUT2D eigenvalue weighted by atomic mass is 16.5. The molecule has 0 amide bonds. The van der Waals surface area contributed by atoms with E-state index in [0.29, 0.717) is 26.1 Å². The second kappa shape index (κ2) is 15.0. The van der Waals surface area contributed by atoms with Crippen molar-refractivity contribution in [3.63, 3.8) is 0 Å². The first kappa shape index (κ1) is 17.7. The van der Waals surface area contributed by atoms with Gasteiger partial charge in [0.05, 0.1) is 14.1 Å². The molecule has 5 heteroatoms. The highest BCUT2D eigenvalue weighted by molar-refractivity contribution is 5.36. The minimum atomic E-state index is -2.85. The average Bonchev–Trinajstić information content (AvgIpc) is 2.80. The molecular weight excluding hydrogens is 378 g/mol. The van der Waals surface area contributed by atoms with Crippen LogP contribution in [0.25, 0.3) is 0 Å². The van der Waals surface area contributed by atoms with Gasteiger partial charge in [0.15, 0.2) is 0 Å². The van der Waals surface area contributed by atoms with Gasteiger partial charge in [0.1, 0.15) is 5.75 Å². The van der Waals surface area contributed by atoms with E-state index >= 15 is 0 Å². The van der Waals surface area contributed by atoms with E-state index < -0.39 is 25.7 Å². The van der Waals surface area contributed by atoms with Crippen LogP contribution < -0.4 is 5.32 Å². The number of phenols is 1. The van der Waals surface area contributed by atoms with Crippen molar-refractivity contribution in [2.24, 2.45) is 0 Å². The standard InChI is InChI=1S/C25H37NO4/c27-20-23-18-22(13-14-24(23)28)25(29)19-26-15-7-1-2-8-16-30-17-9-6-12-21-10-4-3-5-11-21/h3-5,10-11,13-14,18,25-29H,1-2,6-9,12,15-17,19-20H2/i15D2,19D2,25D. The first-order valence-electron chi connectivity index (χ1n) is 13.1. The van der Waals surface area contributed by atoms with Crippen molar-refractivity contribution in [3.8, 4) is 5.75 Å². The number of ether oxygens (including phenoxy) is 1. The molecular formula is C25H37NO4. The largest absolute Gasteiger partial charge is 0.508 e. The Hall–Kier alpha value is -1.92. The van der Waals surface area contributed by atoms with Gasteiger partial charge in [-0.25, -0.2) is 0 Å². The lowest BCUT2D eigenvalue weighted by Gasteiger charge is -2.14. The Morgan fingerprint density at radius 3 is 2.47 bits per heavy atom. The molecule has 2 aromatic rings. The summed E-state index contributed by atoms with van der Waals surface area (Å²) in [5.41, 5.74) is 1.14. The summed E-state index contributed by atoms with van der Waals surface area (Å²) >= 11 is 0. The predicted molar refractivity (Wildman–Crippen MR) is 121 cm³/mol. The highest BCUT2D eigenvalue weighted by Crippen LogP contribution is 2.22. The fourth-order valence-corrected chi connectivity index (χ4v) is 2.97. The van der Waals surface area contributed by atoms with E-state index in [9.17, 15) is 15.3 Å². The Morgan fingerprint density at radius 1 is 0.967 bits per heavy atom. The van der Waals surface area contributed by atoms with Crippen molar-refractivity contribution in [1.29, 1.82) is 0 Å². The smallest absolute Gasteiger partial charge is 0.121 e. The lowest BCUT2D eigenvalue weighted by molar-refractivity contribution is 0.126. The van der Waals surface area contributed by atoms with Gasteiger partial charge >= 0.3 is 0 Å². The van der Waals surface area contributed by atoms with Crippen LogP contribution in [-0.4, -0.2) is 41.5 Å². The van der Waals surface area contributed by atoms with E-state index in [1.54, 1.807) is 0 Å². The maximum Gasteiger partial charge on any atom is 0.121 e. The number of nitrogens with one attached hydrogen (secondary N) is 1. The van der Waals surface area contributed by atoms with Gasteiger partial charge in [-0.3, -0.25) is 0 Å². The summed E-state index contributed by atoms with van der Waals surface area (Å²) < 4.78 is 46.2. The molecule has 166 valence electrons. The average molecular weight is 421 g/mol. The van der Waals surface area contributed by atoms with Crippen LogP contribution in [-0.2, 0) is 17.8 Å². The molecule has 0 radical (unpaired) electrons. The molecule has 0 bridgehead atoms. The molecule has 2 aromatic carbocycles. The van der Waals surface area contributed by atoms with Gasteiger partial charge in [-0.05, 0) is 61.9 Å². The minimum absolute atomic E-state index is 0.00284. The van der Waals surface area contributed by atoms with Crippen LogP contribution in [0.4, 0.5) is 0 Å². The molecule has 0 saturated carbocycles. The number of aryl methyl sites for hydroxylation is 1. The van der Waals surface area contributed by atoms with Gasteiger partial charge < -0.3 is 25.4 Å². The van der Waals surface area contributed by atoms with Crippen LogP contribution >= 0.6 is 0 Å². The minimum Gasteiger partial charge on any atom is -0.508 e. The SMILES string of the molecule is [2H]C([2H])(CCCCCOCCCCc1ccccc1)NC([2H])([2H])C([2H])(O)c1ccc(O)c(CO)c1. The Morgan fingerprint density at radius 2 is 1.70 bits per heavy atom. The quantitative estimate of drug-likeness (QED) is 0.307. The van der Waals surface area contributed by atoms with Crippen molar-refractivity contribution in [2.75, 3.05) is 26.2 Å². The molecule has 4 N–H and O–H groups in total. The second-order valence-electron chi connectivity index (χ2n) is 7.14. The monoisotopic (exact) mass is 420 g/mol. The third-order valence-corrected chi connectivity index (χ3v) is 4.73. The fourth-order valence-electron chi connectivity index (χ4n) is 2.97. The summed E-state index contributed by atoms with van der Waals surface area (Å²) in [5, 5.41) is 31.6. The third-order valence-electron chi connectivity index (χ3n) is 4.73. The molecule has 0 saturated heterocycles. The van der Waals surface area contributed by atoms with Gasteiger partial charge in [-0.2, -0.15) is 0 Å². The van der Waals surface area contributed by atoms with Crippen molar-refractivity contribution in [2.45, 2.75) is 57.6 Å². The van der Waals surface area contributed by atoms with Gasteiger partial charge in [0.2, 0.25) is 0 Å². The van der Waals surface area contributed by atoms with Gasteiger partial charge in [0.25, 0.3) is 0 Å². The van der Waals surface area contributed by atoms with Crippen molar-refractivity contribution in [1.82, 2.24) is 5.32 Å². The van der Waals surface area contributed by atoms with Crippen LogP contribution in [0, 0.1) is 0 Å². The van der Waals surface area contributed by atoms with Gasteiger partial charge in [0, 0.05) is 30.8 Å². The summed E-state index contributed by atoms with van der Waals surface area (Å²) in [6, 6.07) is 13.7. The topological polar surface area (TPSA) is 82.0 Å². The zero-order valence-electron chi connectivity index (χ0n) is 22.4. The first-order valence-corrected chi connectivity index (χ1v) is 10.6. The molecule has 0 aliphatic carbocycles.